The number of carbonyl (C=O) groups is 3. The number of amides is 3. The minimum Gasteiger partial charge on any atom is -0.350 e. The van der Waals surface area contributed by atoms with Crippen molar-refractivity contribution < 1.29 is 18.8 Å². The molecule has 0 unspecified atom stereocenters. The van der Waals surface area contributed by atoms with Gasteiger partial charge in [0.15, 0.2) is 0 Å². The smallest absolute Gasteiger partial charge is 0.283 e. The molecule has 0 aromatic heterocycles. The summed E-state index contributed by atoms with van der Waals surface area (Å²) >= 11 is 9.40. The van der Waals surface area contributed by atoms with Crippen molar-refractivity contribution in [3.63, 3.8) is 0 Å². The van der Waals surface area contributed by atoms with Crippen LogP contribution < -0.4 is 15.5 Å². The minimum atomic E-state index is -0.824. The number of benzene rings is 3. The topological polar surface area (TPSA) is 78.5 Å². The van der Waals surface area contributed by atoms with Gasteiger partial charge >= 0.3 is 0 Å². The largest absolute Gasteiger partial charge is 0.350 e. The van der Waals surface area contributed by atoms with Gasteiger partial charge in [0, 0.05) is 21.4 Å². The predicted octanol–water partition coefficient (Wildman–Crippen LogP) is 5.28. The van der Waals surface area contributed by atoms with Crippen LogP contribution in [-0.2, 0) is 9.59 Å². The molecule has 0 saturated heterocycles. The lowest BCUT2D eigenvalue weighted by molar-refractivity contribution is -0.120. The summed E-state index contributed by atoms with van der Waals surface area (Å²) in [6.07, 6.45) is 0. The first-order valence-electron chi connectivity index (χ1n) is 9.32. The maximum absolute atomic E-state index is 14.1. The van der Waals surface area contributed by atoms with Crippen LogP contribution >= 0.6 is 27.5 Å². The van der Waals surface area contributed by atoms with Crippen molar-refractivity contribution in [2.45, 2.75) is 0 Å². The summed E-state index contributed by atoms with van der Waals surface area (Å²) in [5, 5.41) is 5.21. The third-order valence-electron chi connectivity index (χ3n) is 4.64. The summed E-state index contributed by atoms with van der Waals surface area (Å²) < 4.78 is 15.0. The Labute approximate surface area is 195 Å². The van der Waals surface area contributed by atoms with Crippen molar-refractivity contribution in [2.24, 2.45) is 0 Å². The molecule has 0 spiro atoms. The molecule has 6 nitrogen and oxygen atoms in total. The molecule has 160 valence electrons. The van der Waals surface area contributed by atoms with Crippen molar-refractivity contribution in [1.29, 1.82) is 0 Å². The summed E-state index contributed by atoms with van der Waals surface area (Å²) in [5.74, 6) is -2.63. The Balaban J connectivity index is 1.49. The molecule has 0 aliphatic carbocycles. The van der Waals surface area contributed by atoms with E-state index in [2.05, 4.69) is 26.6 Å². The Morgan fingerprint density at radius 2 is 1.50 bits per heavy atom. The number of nitrogens with zero attached hydrogens (tertiary/aromatic N) is 1. The van der Waals surface area contributed by atoms with Gasteiger partial charge in [-0.05, 0) is 60.7 Å². The van der Waals surface area contributed by atoms with Gasteiger partial charge in [-0.2, -0.15) is 0 Å². The lowest BCUT2D eigenvalue weighted by Gasteiger charge is -2.15. The SMILES string of the molecule is O=C(Nc1ccc(Br)cc1)c1ccc(NC2=C(Cl)C(=O)N(c3ccccc3F)C2=O)cc1. The Hall–Kier alpha value is -3.49. The molecule has 9 heteroatoms. The van der Waals surface area contributed by atoms with Crippen LogP contribution in [0.2, 0.25) is 0 Å². The van der Waals surface area contributed by atoms with Gasteiger partial charge in [0.05, 0.1) is 5.69 Å². The van der Waals surface area contributed by atoms with Gasteiger partial charge in [0.25, 0.3) is 17.7 Å². The Kier molecular flexibility index (Phi) is 6.07. The zero-order valence-corrected chi connectivity index (χ0v) is 18.6. The molecule has 0 fully saturated rings. The molecule has 3 aromatic rings. The number of hydrogen-bond acceptors (Lipinski definition) is 4. The van der Waals surface area contributed by atoms with E-state index in [0.29, 0.717) is 21.8 Å². The molecule has 32 heavy (non-hydrogen) atoms. The van der Waals surface area contributed by atoms with Gasteiger partial charge in [-0.1, -0.05) is 39.7 Å². The molecule has 0 atom stereocenters. The van der Waals surface area contributed by atoms with E-state index in [0.717, 1.165) is 10.5 Å². The maximum atomic E-state index is 14.1. The fraction of sp³-hybridized carbons (Fsp3) is 0. The van der Waals surface area contributed by atoms with Crippen molar-refractivity contribution in [3.8, 4) is 0 Å². The fourth-order valence-corrected chi connectivity index (χ4v) is 3.53. The summed E-state index contributed by atoms with van der Waals surface area (Å²) in [4.78, 5) is 38.3. The number of rotatable bonds is 5. The highest BCUT2D eigenvalue weighted by molar-refractivity contribution is 9.10. The van der Waals surface area contributed by atoms with E-state index in [4.69, 9.17) is 11.6 Å². The van der Waals surface area contributed by atoms with Gasteiger partial charge in [-0.15, -0.1) is 0 Å². The van der Waals surface area contributed by atoms with E-state index < -0.39 is 17.6 Å². The standard InChI is InChI=1S/C23H14BrClFN3O3/c24-14-7-11-16(12-8-14)28-21(30)13-5-9-15(10-6-13)27-20-19(25)22(31)29(23(20)32)18-4-2-1-3-17(18)26/h1-12,27H,(H,28,30). The van der Waals surface area contributed by atoms with Crippen LogP contribution in [0, 0.1) is 5.82 Å². The number of hydrogen-bond donors (Lipinski definition) is 2. The zero-order chi connectivity index (χ0) is 22.8. The molecule has 2 N–H and O–H groups in total. The van der Waals surface area contributed by atoms with Crippen molar-refractivity contribution >= 4 is 62.3 Å². The van der Waals surface area contributed by atoms with Crippen LogP contribution in [0.15, 0.2) is 88.0 Å². The Morgan fingerprint density at radius 1 is 0.875 bits per heavy atom. The highest BCUT2D eigenvalue weighted by Crippen LogP contribution is 2.31. The number of nitrogens with one attached hydrogen (secondary N) is 2. The van der Waals surface area contributed by atoms with Crippen LogP contribution in [-0.4, -0.2) is 17.7 Å². The van der Waals surface area contributed by atoms with Gasteiger partial charge < -0.3 is 10.6 Å². The number of halogens is 3. The molecule has 0 radical (unpaired) electrons. The van der Waals surface area contributed by atoms with Gasteiger partial charge in [0.2, 0.25) is 0 Å². The van der Waals surface area contributed by atoms with E-state index in [1.54, 1.807) is 36.4 Å². The molecule has 4 rings (SSSR count). The van der Waals surface area contributed by atoms with Crippen molar-refractivity contribution in [3.05, 3.63) is 99.4 Å². The van der Waals surface area contributed by atoms with E-state index in [1.165, 1.54) is 18.2 Å². The molecular formula is C23H14BrClFN3O3. The number of imide groups is 1. The summed E-state index contributed by atoms with van der Waals surface area (Å²) in [6.45, 7) is 0. The van der Waals surface area contributed by atoms with Gasteiger partial charge in [-0.25, -0.2) is 9.29 Å². The second-order valence-corrected chi connectivity index (χ2v) is 8.04. The molecule has 3 aromatic carbocycles. The summed E-state index contributed by atoms with van der Waals surface area (Å²) in [7, 11) is 0. The molecule has 0 bridgehead atoms. The molecule has 1 aliphatic rings. The lowest BCUT2D eigenvalue weighted by Crippen LogP contribution is -2.33. The second-order valence-electron chi connectivity index (χ2n) is 6.75. The first-order chi connectivity index (χ1) is 15.3. The summed E-state index contributed by atoms with van der Waals surface area (Å²) in [5.41, 5.74) is 1.10. The van der Waals surface area contributed by atoms with Crippen LogP contribution in [0.5, 0.6) is 0 Å². The molecule has 0 saturated carbocycles. The quantitative estimate of drug-likeness (QED) is 0.454. The average molecular weight is 515 g/mol. The van der Waals surface area contributed by atoms with Crippen LogP contribution in [0.3, 0.4) is 0 Å². The van der Waals surface area contributed by atoms with Crippen LogP contribution in [0.25, 0.3) is 0 Å². The number of para-hydroxylation sites is 1. The first-order valence-corrected chi connectivity index (χ1v) is 10.5. The summed E-state index contributed by atoms with van der Waals surface area (Å²) in [6, 6.07) is 18.8. The van der Waals surface area contributed by atoms with Crippen molar-refractivity contribution in [2.75, 3.05) is 15.5 Å². The molecular weight excluding hydrogens is 501 g/mol. The van der Waals surface area contributed by atoms with Gasteiger partial charge in [-0.3, -0.25) is 14.4 Å². The predicted molar refractivity (Wildman–Crippen MR) is 124 cm³/mol. The number of anilines is 3. The fourth-order valence-electron chi connectivity index (χ4n) is 3.05. The lowest BCUT2D eigenvalue weighted by atomic mass is 10.2. The highest BCUT2D eigenvalue weighted by atomic mass is 79.9. The Morgan fingerprint density at radius 3 is 2.16 bits per heavy atom. The normalized spacial score (nSPS) is 13.5. The third-order valence-corrected chi connectivity index (χ3v) is 5.52. The molecule has 1 heterocycles. The third kappa shape index (κ3) is 4.28. The molecule has 1 aliphatic heterocycles. The monoisotopic (exact) mass is 513 g/mol. The zero-order valence-electron chi connectivity index (χ0n) is 16.2. The Bertz CT molecular complexity index is 1260. The van der Waals surface area contributed by atoms with Crippen LogP contribution in [0.1, 0.15) is 10.4 Å². The average Bonchev–Trinajstić information content (AvgIpc) is 2.99. The van der Waals surface area contributed by atoms with E-state index in [-0.39, 0.29) is 22.3 Å². The highest BCUT2D eigenvalue weighted by Gasteiger charge is 2.40. The van der Waals surface area contributed by atoms with Gasteiger partial charge in [0.1, 0.15) is 16.5 Å². The maximum Gasteiger partial charge on any atom is 0.283 e. The van der Waals surface area contributed by atoms with E-state index in [1.807, 2.05) is 12.1 Å². The molecule has 3 amide bonds. The van der Waals surface area contributed by atoms with E-state index >= 15 is 0 Å². The number of carbonyl (C=O) groups excluding carboxylic acids is 3. The van der Waals surface area contributed by atoms with Crippen molar-refractivity contribution in [1.82, 2.24) is 0 Å². The first kappa shape index (κ1) is 21.7. The second kappa shape index (κ2) is 8.94. The minimum absolute atomic E-state index is 0.174. The van der Waals surface area contributed by atoms with E-state index in [9.17, 15) is 18.8 Å². The van der Waals surface area contributed by atoms with Crippen LogP contribution in [0.4, 0.5) is 21.5 Å².